The number of hydrogen-bond acceptors (Lipinski definition) is 5. The van der Waals surface area contributed by atoms with Crippen molar-refractivity contribution < 1.29 is 10.0 Å². The number of thiophene rings is 2. The van der Waals surface area contributed by atoms with E-state index in [4.69, 9.17) is 33.2 Å². The first-order valence-electron chi connectivity index (χ1n) is 5.83. The van der Waals surface area contributed by atoms with Crippen molar-refractivity contribution in [3.05, 3.63) is 57.3 Å². The minimum absolute atomic E-state index is 0.400. The molecule has 0 amide bonds. The van der Waals surface area contributed by atoms with Crippen LogP contribution >= 0.6 is 45.9 Å². The standard InChI is InChI=1S/C9H6ClNS.C4H4BClO2S/c10-7-4-6-12-9(7)8-3-1-2-5-11-8;6-3-1-2-9-4(3)5(7)8/h1-6H;1-2,7-8H. The molecule has 0 atom stereocenters. The third-order valence-electron chi connectivity index (χ3n) is 2.39. The molecule has 0 spiro atoms. The summed E-state index contributed by atoms with van der Waals surface area (Å²) < 4.78 is 0.400. The van der Waals surface area contributed by atoms with Crippen molar-refractivity contribution in [1.82, 2.24) is 4.98 Å². The first-order valence-corrected chi connectivity index (χ1v) is 8.34. The van der Waals surface area contributed by atoms with E-state index in [9.17, 15) is 0 Å². The first kappa shape index (κ1) is 16.5. The highest BCUT2D eigenvalue weighted by molar-refractivity contribution is 7.21. The lowest BCUT2D eigenvalue weighted by atomic mass is 9.90. The van der Waals surface area contributed by atoms with Crippen LogP contribution in [-0.2, 0) is 0 Å². The second-order valence-corrected chi connectivity index (χ2v) is 6.50. The maximum absolute atomic E-state index is 8.57. The summed E-state index contributed by atoms with van der Waals surface area (Å²) in [5.74, 6) is 0. The van der Waals surface area contributed by atoms with Crippen LogP contribution in [0.15, 0.2) is 47.3 Å². The van der Waals surface area contributed by atoms with Gasteiger partial charge < -0.3 is 10.0 Å². The molecule has 0 aromatic carbocycles. The van der Waals surface area contributed by atoms with Crippen molar-refractivity contribution in [2.24, 2.45) is 0 Å². The maximum atomic E-state index is 8.57. The van der Waals surface area contributed by atoms with E-state index in [1.54, 1.807) is 29.0 Å². The van der Waals surface area contributed by atoms with Gasteiger partial charge in [0.2, 0.25) is 0 Å². The van der Waals surface area contributed by atoms with Gasteiger partial charge in [0, 0.05) is 6.20 Å². The fourth-order valence-electron chi connectivity index (χ4n) is 1.46. The van der Waals surface area contributed by atoms with Crippen molar-refractivity contribution in [2.75, 3.05) is 0 Å². The lowest BCUT2D eigenvalue weighted by Gasteiger charge is -1.94. The topological polar surface area (TPSA) is 53.4 Å². The second kappa shape index (κ2) is 7.94. The van der Waals surface area contributed by atoms with E-state index >= 15 is 0 Å². The highest BCUT2D eigenvalue weighted by Gasteiger charge is 2.15. The van der Waals surface area contributed by atoms with Crippen LogP contribution in [-0.4, -0.2) is 22.2 Å². The summed E-state index contributed by atoms with van der Waals surface area (Å²) in [4.78, 5) is 5.25. The molecule has 108 valence electrons. The summed E-state index contributed by atoms with van der Waals surface area (Å²) >= 11 is 14.3. The van der Waals surface area contributed by atoms with Gasteiger partial charge in [0.15, 0.2) is 0 Å². The summed E-state index contributed by atoms with van der Waals surface area (Å²) in [6.45, 7) is 0. The summed E-state index contributed by atoms with van der Waals surface area (Å²) in [6.07, 6.45) is 1.77. The molecule has 3 heterocycles. The third-order valence-corrected chi connectivity index (χ3v) is 5.16. The van der Waals surface area contributed by atoms with Crippen LogP contribution in [0.5, 0.6) is 0 Å². The summed E-state index contributed by atoms with van der Waals surface area (Å²) in [6, 6.07) is 9.32. The van der Waals surface area contributed by atoms with Crippen LogP contribution in [0.3, 0.4) is 0 Å². The van der Waals surface area contributed by atoms with Gasteiger partial charge in [-0.3, -0.25) is 4.98 Å². The maximum Gasteiger partial charge on any atom is 0.500 e. The fourth-order valence-corrected chi connectivity index (χ4v) is 3.62. The highest BCUT2D eigenvalue weighted by Crippen LogP contribution is 2.31. The molecule has 3 nitrogen and oxygen atoms in total. The molecular formula is C13H10BCl2NO2S2. The van der Waals surface area contributed by atoms with Gasteiger partial charge in [-0.15, -0.1) is 11.3 Å². The van der Waals surface area contributed by atoms with E-state index in [1.807, 2.05) is 29.6 Å². The number of hydrogen-bond donors (Lipinski definition) is 2. The van der Waals surface area contributed by atoms with Crippen molar-refractivity contribution >= 4 is 57.8 Å². The first-order chi connectivity index (χ1) is 10.1. The molecule has 0 aliphatic heterocycles. The van der Waals surface area contributed by atoms with Gasteiger partial charge in [0.05, 0.1) is 25.4 Å². The normalized spacial score (nSPS) is 9.90. The molecule has 2 N–H and O–H groups in total. The Hall–Kier alpha value is -0.885. The Morgan fingerprint density at radius 3 is 2.10 bits per heavy atom. The smallest absolute Gasteiger partial charge is 0.423 e. The van der Waals surface area contributed by atoms with Crippen LogP contribution in [0.4, 0.5) is 0 Å². The van der Waals surface area contributed by atoms with Gasteiger partial charge in [-0.05, 0) is 35.0 Å². The van der Waals surface area contributed by atoms with Crippen LogP contribution < -0.4 is 4.78 Å². The molecule has 3 aromatic rings. The zero-order valence-corrected chi connectivity index (χ0v) is 13.8. The monoisotopic (exact) mass is 357 g/mol. The molecule has 0 aliphatic rings. The summed E-state index contributed by atoms with van der Waals surface area (Å²) in [5.41, 5.74) is 0.942. The Morgan fingerprint density at radius 1 is 0.952 bits per heavy atom. The van der Waals surface area contributed by atoms with Crippen LogP contribution in [0.25, 0.3) is 10.6 Å². The molecule has 0 saturated heterocycles. The van der Waals surface area contributed by atoms with Gasteiger partial charge in [-0.2, -0.15) is 11.3 Å². The van der Waals surface area contributed by atoms with Gasteiger partial charge in [0.25, 0.3) is 0 Å². The lowest BCUT2D eigenvalue weighted by molar-refractivity contribution is 0.427. The van der Waals surface area contributed by atoms with Gasteiger partial charge in [-0.1, -0.05) is 29.3 Å². The highest BCUT2D eigenvalue weighted by atomic mass is 35.5. The zero-order valence-electron chi connectivity index (χ0n) is 10.6. The number of rotatable bonds is 2. The van der Waals surface area contributed by atoms with Crippen LogP contribution in [0.2, 0.25) is 10.0 Å². The summed E-state index contributed by atoms with van der Waals surface area (Å²) in [7, 11) is -1.43. The zero-order chi connectivity index (χ0) is 15.2. The SMILES string of the molecule is Clc1ccsc1-c1ccccn1.OB(O)c1sccc1Cl. The molecule has 3 aromatic heterocycles. The molecule has 3 rings (SSSR count). The predicted octanol–water partition coefficient (Wildman–Crippen LogP) is 3.54. The number of aromatic nitrogens is 1. The number of pyridine rings is 1. The van der Waals surface area contributed by atoms with E-state index in [0.717, 1.165) is 15.6 Å². The molecule has 0 radical (unpaired) electrons. The predicted molar refractivity (Wildman–Crippen MR) is 91.7 cm³/mol. The van der Waals surface area contributed by atoms with Crippen molar-refractivity contribution in [3.63, 3.8) is 0 Å². The second-order valence-electron chi connectivity index (χ2n) is 3.82. The molecule has 0 fully saturated rings. The van der Waals surface area contributed by atoms with E-state index < -0.39 is 7.12 Å². The Labute approximate surface area is 140 Å². The minimum Gasteiger partial charge on any atom is -0.423 e. The Bertz CT molecular complexity index is 688. The van der Waals surface area contributed by atoms with Crippen molar-refractivity contribution in [3.8, 4) is 10.6 Å². The molecule has 21 heavy (non-hydrogen) atoms. The van der Waals surface area contributed by atoms with Gasteiger partial charge in [-0.25, -0.2) is 0 Å². The molecule has 0 aliphatic carbocycles. The van der Waals surface area contributed by atoms with E-state index in [-0.39, 0.29) is 0 Å². The third kappa shape index (κ3) is 4.54. The van der Waals surface area contributed by atoms with E-state index in [1.165, 1.54) is 11.3 Å². The Kier molecular flexibility index (Phi) is 6.23. The molecule has 0 unspecified atom stereocenters. The van der Waals surface area contributed by atoms with Crippen molar-refractivity contribution in [2.45, 2.75) is 0 Å². The molecule has 0 saturated carbocycles. The average molecular weight is 358 g/mol. The Balaban J connectivity index is 0.000000161. The van der Waals surface area contributed by atoms with E-state index in [2.05, 4.69) is 4.98 Å². The van der Waals surface area contributed by atoms with Crippen LogP contribution in [0, 0.1) is 0 Å². The van der Waals surface area contributed by atoms with Crippen molar-refractivity contribution in [1.29, 1.82) is 0 Å². The largest absolute Gasteiger partial charge is 0.500 e. The fraction of sp³-hybridized carbons (Fsp3) is 0. The lowest BCUT2D eigenvalue weighted by Crippen LogP contribution is -2.27. The molecular weight excluding hydrogens is 348 g/mol. The van der Waals surface area contributed by atoms with Gasteiger partial charge in [0.1, 0.15) is 0 Å². The minimum atomic E-state index is -1.43. The van der Waals surface area contributed by atoms with Crippen LogP contribution in [0.1, 0.15) is 0 Å². The summed E-state index contributed by atoms with van der Waals surface area (Å²) in [5, 5.41) is 22.0. The molecule has 0 bridgehead atoms. The Morgan fingerprint density at radius 2 is 1.67 bits per heavy atom. The quantitative estimate of drug-likeness (QED) is 0.689. The van der Waals surface area contributed by atoms with Gasteiger partial charge >= 0.3 is 7.12 Å². The van der Waals surface area contributed by atoms with E-state index in [0.29, 0.717) is 9.80 Å². The molecule has 8 heteroatoms. The number of nitrogens with zero attached hydrogens (tertiary/aromatic N) is 1. The average Bonchev–Trinajstić information content (AvgIpc) is 3.09. The number of halogens is 2.